The molecule has 1 fully saturated rings. The molecule has 0 spiro atoms. The highest BCUT2D eigenvalue weighted by Crippen LogP contribution is 2.55. The minimum Gasteiger partial charge on any atom is -0.0622 e. The monoisotopic (exact) mass is 168 g/mol. The van der Waals surface area contributed by atoms with Crippen molar-refractivity contribution < 1.29 is 0 Å². The first-order valence-electron chi connectivity index (χ1n) is 5.40. The Labute approximate surface area is 77.7 Å². The fourth-order valence-corrected chi connectivity index (χ4v) is 3.20. The molecule has 0 aromatic rings. The maximum absolute atomic E-state index is 2.42. The molecule has 0 atom stereocenters. The van der Waals surface area contributed by atoms with Gasteiger partial charge in [-0.1, -0.05) is 47.5 Å². The normalized spacial score (nSPS) is 23.5. The van der Waals surface area contributed by atoms with E-state index in [1.54, 1.807) is 0 Å². The van der Waals surface area contributed by atoms with Gasteiger partial charge in [0.1, 0.15) is 0 Å². The first-order valence-corrected chi connectivity index (χ1v) is 5.40. The number of rotatable bonds is 1. The van der Waals surface area contributed by atoms with E-state index in [0.29, 0.717) is 10.8 Å². The summed E-state index contributed by atoms with van der Waals surface area (Å²) in [4.78, 5) is 0. The zero-order chi connectivity index (χ0) is 9.41. The van der Waals surface area contributed by atoms with Crippen LogP contribution in [0.5, 0.6) is 0 Å². The summed E-state index contributed by atoms with van der Waals surface area (Å²) in [5.41, 5.74) is 1.13. The van der Waals surface area contributed by atoms with E-state index in [0.717, 1.165) is 5.92 Å². The number of hydrogen-bond acceptors (Lipinski definition) is 0. The Hall–Kier alpha value is 0. The van der Waals surface area contributed by atoms with Gasteiger partial charge in [-0.3, -0.25) is 0 Å². The van der Waals surface area contributed by atoms with E-state index < -0.39 is 0 Å². The maximum Gasteiger partial charge on any atom is -0.0226 e. The molecular formula is C12H24. The summed E-state index contributed by atoms with van der Waals surface area (Å²) in [6, 6.07) is 0. The molecule has 72 valence electrons. The van der Waals surface area contributed by atoms with Gasteiger partial charge in [-0.25, -0.2) is 0 Å². The highest BCUT2D eigenvalue weighted by atomic mass is 14.5. The van der Waals surface area contributed by atoms with Crippen molar-refractivity contribution in [3.05, 3.63) is 0 Å². The predicted octanol–water partition coefficient (Wildman–Crippen LogP) is 4.25. The SMILES string of the molecule is CC(C)C1(C(C)(C)C)CCCC1. The molecule has 0 heterocycles. The van der Waals surface area contributed by atoms with Crippen LogP contribution in [0.3, 0.4) is 0 Å². The van der Waals surface area contributed by atoms with Crippen molar-refractivity contribution in [3.63, 3.8) is 0 Å². The van der Waals surface area contributed by atoms with Gasteiger partial charge >= 0.3 is 0 Å². The van der Waals surface area contributed by atoms with Crippen LogP contribution in [0.4, 0.5) is 0 Å². The summed E-state index contributed by atoms with van der Waals surface area (Å²) in [5.74, 6) is 0.847. The Balaban J connectivity index is 2.87. The van der Waals surface area contributed by atoms with Crippen LogP contribution >= 0.6 is 0 Å². The third kappa shape index (κ3) is 1.41. The second-order valence-electron chi connectivity index (χ2n) is 5.77. The molecule has 0 aromatic heterocycles. The summed E-state index contributed by atoms with van der Waals surface area (Å²) >= 11 is 0. The van der Waals surface area contributed by atoms with Crippen LogP contribution in [0, 0.1) is 16.7 Å². The van der Waals surface area contributed by atoms with Gasteiger partial charge in [0.25, 0.3) is 0 Å². The molecule has 0 aromatic carbocycles. The van der Waals surface area contributed by atoms with Gasteiger partial charge in [0.05, 0.1) is 0 Å². The molecule has 0 radical (unpaired) electrons. The minimum atomic E-state index is 0.498. The zero-order valence-electron chi connectivity index (χ0n) is 9.41. The second-order valence-corrected chi connectivity index (χ2v) is 5.77. The van der Waals surface area contributed by atoms with E-state index in [2.05, 4.69) is 34.6 Å². The van der Waals surface area contributed by atoms with Crippen molar-refractivity contribution in [2.45, 2.75) is 60.3 Å². The first kappa shape index (κ1) is 10.1. The molecule has 0 unspecified atom stereocenters. The van der Waals surface area contributed by atoms with E-state index in [4.69, 9.17) is 0 Å². The molecular weight excluding hydrogens is 144 g/mol. The first-order chi connectivity index (χ1) is 5.40. The Kier molecular flexibility index (Phi) is 2.56. The standard InChI is InChI=1S/C12H24/c1-10(2)12(11(3,4)5)8-6-7-9-12/h10H,6-9H2,1-5H3. The van der Waals surface area contributed by atoms with Gasteiger partial charge in [-0.15, -0.1) is 0 Å². The van der Waals surface area contributed by atoms with Crippen molar-refractivity contribution in [1.82, 2.24) is 0 Å². The van der Waals surface area contributed by atoms with Gasteiger partial charge in [0.2, 0.25) is 0 Å². The lowest BCUT2D eigenvalue weighted by Crippen LogP contribution is -2.37. The molecule has 0 heteroatoms. The van der Waals surface area contributed by atoms with Crippen molar-refractivity contribution in [2.24, 2.45) is 16.7 Å². The molecule has 0 bridgehead atoms. The average molecular weight is 168 g/mol. The van der Waals surface area contributed by atoms with E-state index in [1.165, 1.54) is 25.7 Å². The Bertz CT molecular complexity index is 142. The van der Waals surface area contributed by atoms with Crippen LogP contribution in [0.25, 0.3) is 0 Å². The smallest absolute Gasteiger partial charge is 0.0226 e. The molecule has 1 aliphatic rings. The van der Waals surface area contributed by atoms with Gasteiger partial charge < -0.3 is 0 Å². The lowest BCUT2D eigenvalue weighted by Gasteiger charge is -2.45. The van der Waals surface area contributed by atoms with Crippen molar-refractivity contribution in [3.8, 4) is 0 Å². The quantitative estimate of drug-likeness (QED) is 0.549. The third-order valence-corrected chi connectivity index (χ3v) is 4.09. The van der Waals surface area contributed by atoms with Gasteiger partial charge in [-0.2, -0.15) is 0 Å². The zero-order valence-corrected chi connectivity index (χ0v) is 9.41. The van der Waals surface area contributed by atoms with Crippen LogP contribution in [-0.4, -0.2) is 0 Å². The highest BCUT2D eigenvalue weighted by molar-refractivity contribution is 4.95. The maximum atomic E-state index is 2.42. The predicted molar refractivity (Wildman–Crippen MR) is 55.2 cm³/mol. The lowest BCUT2D eigenvalue weighted by molar-refractivity contribution is 0.0381. The summed E-state index contributed by atoms with van der Waals surface area (Å²) in [6.45, 7) is 12.0. The van der Waals surface area contributed by atoms with E-state index in [1.807, 2.05) is 0 Å². The molecule has 1 rings (SSSR count). The van der Waals surface area contributed by atoms with Crippen LogP contribution in [0.2, 0.25) is 0 Å². The van der Waals surface area contributed by atoms with Gasteiger partial charge in [0.15, 0.2) is 0 Å². The van der Waals surface area contributed by atoms with E-state index in [-0.39, 0.29) is 0 Å². The fraction of sp³-hybridized carbons (Fsp3) is 1.00. The van der Waals surface area contributed by atoms with E-state index in [9.17, 15) is 0 Å². The van der Waals surface area contributed by atoms with Crippen LogP contribution in [0.15, 0.2) is 0 Å². The average Bonchev–Trinajstić information content (AvgIpc) is 2.31. The van der Waals surface area contributed by atoms with Gasteiger partial charge in [0, 0.05) is 0 Å². The largest absolute Gasteiger partial charge is 0.0622 e. The lowest BCUT2D eigenvalue weighted by atomic mass is 9.59. The molecule has 0 nitrogen and oxygen atoms in total. The summed E-state index contributed by atoms with van der Waals surface area (Å²) in [5, 5.41) is 0. The summed E-state index contributed by atoms with van der Waals surface area (Å²) in [6.07, 6.45) is 5.81. The molecule has 0 N–H and O–H groups in total. The van der Waals surface area contributed by atoms with Gasteiger partial charge in [-0.05, 0) is 29.6 Å². The second kappa shape index (κ2) is 3.05. The fourth-order valence-electron chi connectivity index (χ4n) is 3.20. The van der Waals surface area contributed by atoms with Crippen LogP contribution in [0.1, 0.15) is 60.3 Å². The molecule has 1 aliphatic carbocycles. The third-order valence-electron chi connectivity index (χ3n) is 4.09. The Morgan fingerprint density at radius 1 is 1.00 bits per heavy atom. The van der Waals surface area contributed by atoms with Crippen LogP contribution < -0.4 is 0 Å². The van der Waals surface area contributed by atoms with E-state index >= 15 is 0 Å². The van der Waals surface area contributed by atoms with Crippen molar-refractivity contribution in [2.75, 3.05) is 0 Å². The molecule has 12 heavy (non-hydrogen) atoms. The van der Waals surface area contributed by atoms with Crippen molar-refractivity contribution >= 4 is 0 Å². The van der Waals surface area contributed by atoms with Crippen molar-refractivity contribution in [1.29, 1.82) is 0 Å². The Morgan fingerprint density at radius 3 is 1.58 bits per heavy atom. The summed E-state index contributed by atoms with van der Waals surface area (Å²) in [7, 11) is 0. The molecule has 0 saturated heterocycles. The Morgan fingerprint density at radius 2 is 1.42 bits per heavy atom. The molecule has 0 aliphatic heterocycles. The molecule has 0 amide bonds. The highest BCUT2D eigenvalue weighted by Gasteiger charge is 2.45. The summed E-state index contributed by atoms with van der Waals surface area (Å²) < 4.78 is 0. The topological polar surface area (TPSA) is 0 Å². The molecule has 1 saturated carbocycles. The van der Waals surface area contributed by atoms with Crippen LogP contribution in [-0.2, 0) is 0 Å². The number of hydrogen-bond donors (Lipinski definition) is 0. The minimum absolute atomic E-state index is 0.498.